The first-order valence-electron chi connectivity index (χ1n) is 8.71. The van der Waals surface area contributed by atoms with E-state index in [2.05, 4.69) is 16.7 Å². The van der Waals surface area contributed by atoms with Crippen molar-refractivity contribution in [2.75, 3.05) is 16.8 Å². The largest absolute Gasteiger partial charge is 0.349 e. The second-order valence-corrected chi connectivity index (χ2v) is 7.24. The van der Waals surface area contributed by atoms with Crippen molar-refractivity contribution < 1.29 is 9.59 Å². The second kappa shape index (κ2) is 9.25. The van der Waals surface area contributed by atoms with Gasteiger partial charge in [-0.25, -0.2) is 0 Å². The van der Waals surface area contributed by atoms with Crippen molar-refractivity contribution in [1.29, 1.82) is 0 Å². The molecule has 1 aliphatic carbocycles. The minimum absolute atomic E-state index is 0.0668. The van der Waals surface area contributed by atoms with E-state index in [4.69, 9.17) is 0 Å². The van der Waals surface area contributed by atoms with E-state index >= 15 is 0 Å². The van der Waals surface area contributed by atoms with Crippen LogP contribution in [0.5, 0.6) is 0 Å². The van der Waals surface area contributed by atoms with Crippen molar-refractivity contribution in [2.24, 2.45) is 0 Å². The maximum Gasteiger partial charge on any atom is 0.251 e. The molecule has 2 N–H and O–H groups in total. The first-order valence-corrected chi connectivity index (χ1v) is 9.86. The lowest BCUT2D eigenvalue weighted by atomic mass is 10.2. The lowest BCUT2D eigenvalue weighted by molar-refractivity contribution is -0.113. The van der Waals surface area contributed by atoms with Crippen molar-refractivity contribution in [3.63, 3.8) is 0 Å². The number of hydrogen-bond acceptors (Lipinski definition) is 3. The molecular weight excluding hydrogens is 344 g/mol. The quantitative estimate of drug-likeness (QED) is 0.695. The third-order valence-electron chi connectivity index (χ3n) is 3.88. The van der Waals surface area contributed by atoms with Crippen LogP contribution in [0.2, 0.25) is 0 Å². The zero-order valence-corrected chi connectivity index (χ0v) is 15.3. The number of hydrogen-bond donors (Lipinski definition) is 2. The molecule has 2 aromatic rings. The van der Waals surface area contributed by atoms with Gasteiger partial charge in [0.25, 0.3) is 5.91 Å². The van der Waals surface area contributed by atoms with Crippen LogP contribution in [0, 0.1) is 0 Å². The molecule has 0 aliphatic heterocycles. The standard InChI is InChI=1S/C21H22N2O2S/c24-20(15-26-13-5-8-16-6-2-1-3-7-16)22-19-10-4-9-17(14-19)21(25)23-18-11-12-18/h1-10,14,18H,11-13,15H2,(H,22,24)(H,23,25)/b8-5+. The smallest absolute Gasteiger partial charge is 0.251 e. The van der Waals surface area contributed by atoms with Gasteiger partial charge in [-0.2, -0.15) is 0 Å². The summed E-state index contributed by atoms with van der Waals surface area (Å²) in [5.74, 6) is 0.996. The lowest BCUT2D eigenvalue weighted by Crippen LogP contribution is -2.25. The van der Waals surface area contributed by atoms with Crippen LogP contribution in [0.3, 0.4) is 0 Å². The molecule has 0 unspecified atom stereocenters. The van der Waals surface area contributed by atoms with Crippen LogP contribution in [0.4, 0.5) is 5.69 Å². The van der Waals surface area contributed by atoms with E-state index in [1.807, 2.05) is 36.4 Å². The Bertz CT molecular complexity index is 786. The zero-order valence-electron chi connectivity index (χ0n) is 14.5. The number of carbonyl (C=O) groups is 2. The van der Waals surface area contributed by atoms with Crippen molar-refractivity contribution in [1.82, 2.24) is 5.32 Å². The van der Waals surface area contributed by atoms with Crippen LogP contribution < -0.4 is 10.6 Å². The molecule has 1 fully saturated rings. The predicted octanol–water partition coefficient (Wildman–Crippen LogP) is 3.96. The average Bonchev–Trinajstić information content (AvgIpc) is 3.46. The molecule has 2 amide bonds. The van der Waals surface area contributed by atoms with Crippen molar-refractivity contribution in [3.05, 3.63) is 71.8 Å². The highest BCUT2D eigenvalue weighted by atomic mass is 32.2. The number of thioether (sulfide) groups is 1. The Hall–Kier alpha value is -2.53. The van der Waals surface area contributed by atoms with Crippen molar-refractivity contribution in [3.8, 4) is 0 Å². The van der Waals surface area contributed by atoms with E-state index < -0.39 is 0 Å². The summed E-state index contributed by atoms with van der Waals surface area (Å²) < 4.78 is 0. The van der Waals surface area contributed by atoms with Crippen LogP contribution in [-0.4, -0.2) is 29.4 Å². The van der Waals surface area contributed by atoms with E-state index in [0.29, 0.717) is 23.0 Å². The molecule has 1 aliphatic rings. The van der Waals surface area contributed by atoms with Gasteiger partial charge in [0.15, 0.2) is 0 Å². The van der Waals surface area contributed by atoms with Gasteiger partial charge >= 0.3 is 0 Å². The molecule has 2 aromatic carbocycles. The van der Waals surface area contributed by atoms with Gasteiger partial charge in [-0.1, -0.05) is 48.6 Å². The molecule has 0 saturated heterocycles. The van der Waals surface area contributed by atoms with Gasteiger partial charge in [-0.3, -0.25) is 9.59 Å². The van der Waals surface area contributed by atoms with Crippen molar-refractivity contribution in [2.45, 2.75) is 18.9 Å². The molecule has 0 bridgehead atoms. The Kier molecular flexibility index (Phi) is 6.50. The van der Waals surface area contributed by atoms with E-state index in [1.54, 1.807) is 36.0 Å². The lowest BCUT2D eigenvalue weighted by Gasteiger charge is -2.07. The summed E-state index contributed by atoms with van der Waals surface area (Å²) >= 11 is 1.55. The Morgan fingerprint density at radius 1 is 1.08 bits per heavy atom. The first-order chi connectivity index (χ1) is 12.7. The average molecular weight is 366 g/mol. The Morgan fingerprint density at radius 2 is 1.88 bits per heavy atom. The molecular formula is C21H22N2O2S. The van der Waals surface area contributed by atoms with Crippen LogP contribution in [-0.2, 0) is 4.79 Å². The number of benzene rings is 2. The summed E-state index contributed by atoms with van der Waals surface area (Å²) in [6.07, 6.45) is 6.21. The fraction of sp³-hybridized carbons (Fsp3) is 0.238. The number of rotatable bonds is 8. The molecule has 5 heteroatoms. The molecule has 4 nitrogen and oxygen atoms in total. The highest BCUT2D eigenvalue weighted by Crippen LogP contribution is 2.20. The molecule has 0 atom stereocenters. The van der Waals surface area contributed by atoms with Crippen LogP contribution >= 0.6 is 11.8 Å². The molecule has 0 spiro atoms. The highest BCUT2D eigenvalue weighted by molar-refractivity contribution is 8.00. The normalized spacial score (nSPS) is 13.5. The number of anilines is 1. The summed E-state index contributed by atoms with van der Waals surface area (Å²) in [4.78, 5) is 24.1. The van der Waals surface area contributed by atoms with Gasteiger partial charge in [0.2, 0.25) is 5.91 Å². The van der Waals surface area contributed by atoms with Gasteiger partial charge < -0.3 is 10.6 Å². The maximum absolute atomic E-state index is 12.1. The molecule has 26 heavy (non-hydrogen) atoms. The number of nitrogens with one attached hydrogen (secondary N) is 2. The maximum atomic E-state index is 12.1. The summed E-state index contributed by atoms with van der Waals surface area (Å²) in [6.45, 7) is 0. The van der Waals surface area contributed by atoms with Crippen LogP contribution in [0.25, 0.3) is 6.08 Å². The Morgan fingerprint density at radius 3 is 2.65 bits per heavy atom. The topological polar surface area (TPSA) is 58.2 Å². The molecule has 0 heterocycles. The summed E-state index contributed by atoms with van der Waals surface area (Å²) in [6, 6.07) is 17.5. The van der Waals surface area contributed by atoms with Crippen molar-refractivity contribution >= 4 is 35.3 Å². The van der Waals surface area contributed by atoms with E-state index in [9.17, 15) is 9.59 Å². The molecule has 3 rings (SSSR count). The van der Waals surface area contributed by atoms with Crippen LogP contribution in [0.15, 0.2) is 60.7 Å². The monoisotopic (exact) mass is 366 g/mol. The summed E-state index contributed by atoms with van der Waals surface area (Å²) in [5, 5.41) is 5.80. The highest BCUT2D eigenvalue weighted by Gasteiger charge is 2.23. The second-order valence-electron chi connectivity index (χ2n) is 6.20. The van der Waals surface area contributed by atoms with Gasteiger partial charge in [0.05, 0.1) is 5.75 Å². The number of amides is 2. The van der Waals surface area contributed by atoms with Gasteiger partial charge in [0, 0.05) is 23.0 Å². The number of carbonyl (C=O) groups excluding carboxylic acids is 2. The fourth-order valence-corrected chi connectivity index (χ4v) is 3.01. The minimum Gasteiger partial charge on any atom is -0.349 e. The van der Waals surface area contributed by atoms with Crippen LogP contribution in [0.1, 0.15) is 28.8 Å². The molecule has 0 aromatic heterocycles. The third kappa shape index (κ3) is 6.08. The predicted molar refractivity (Wildman–Crippen MR) is 108 cm³/mol. The van der Waals surface area contributed by atoms with E-state index in [0.717, 1.165) is 24.2 Å². The molecule has 0 radical (unpaired) electrons. The van der Waals surface area contributed by atoms with E-state index in [-0.39, 0.29) is 11.8 Å². The van der Waals surface area contributed by atoms with E-state index in [1.165, 1.54) is 0 Å². The Labute approximate surface area is 158 Å². The third-order valence-corrected chi connectivity index (χ3v) is 4.77. The zero-order chi connectivity index (χ0) is 18.2. The first kappa shape index (κ1) is 18.3. The minimum atomic E-state index is -0.0796. The summed E-state index contributed by atoms with van der Waals surface area (Å²) in [5.41, 5.74) is 2.38. The van der Waals surface area contributed by atoms with Gasteiger partial charge in [0.1, 0.15) is 0 Å². The summed E-state index contributed by atoms with van der Waals surface area (Å²) in [7, 11) is 0. The molecule has 134 valence electrons. The molecule has 1 saturated carbocycles. The van der Waals surface area contributed by atoms with Gasteiger partial charge in [-0.15, -0.1) is 11.8 Å². The van der Waals surface area contributed by atoms with Gasteiger partial charge in [-0.05, 0) is 36.6 Å². The SMILES string of the molecule is O=C(CSC/C=C/c1ccccc1)Nc1cccc(C(=O)NC2CC2)c1. The Balaban J connectivity index is 1.41. The fourth-order valence-electron chi connectivity index (χ4n) is 2.40.